The number of benzene rings is 3. The zero-order chi connectivity index (χ0) is 23.2. The highest BCUT2D eigenvalue weighted by Gasteiger charge is 2.19. The molecule has 0 aliphatic carbocycles. The Hall–Kier alpha value is -4.39. The maximum atomic E-state index is 13.4. The lowest BCUT2D eigenvalue weighted by atomic mass is 10.1. The van der Waals surface area contributed by atoms with Crippen LogP contribution in [-0.2, 0) is 13.6 Å². The van der Waals surface area contributed by atoms with Gasteiger partial charge in [0.2, 0.25) is 5.88 Å². The lowest BCUT2D eigenvalue weighted by Gasteiger charge is -2.23. The predicted molar refractivity (Wildman–Crippen MR) is 128 cm³/mol. The molecular formula is C26H24N4O3. The van der Waals surface area contributed by atoms with Crippen LogP contribution in [0.25, 0.3) is 0 Å². The fourth-order valence-corrected chi connectivity index (χ4v) is 3.48. The second-order valence-corrected chi connectivity index (χ2v) is 7.47. The summed E-state index contributed by atoms with van der Waals surface area (Å²) in [4.78, 5) is 27.7. The minimum Gasteiger partial charge on any atom is -0.479 e. The lowest BCUT2D eigenvalue weighted by molar-refractivity contribution is 0.0984. The topological polar surface area (TPSA) is 76.5 Å². The molecule has 0 atom stereocenters. The maximum absolute atomic E-state index is 13.4. The predicted octanol–water partition coefficient (Wildman–Crippen LogP) is 4.53. The molecular weight excluding hydrogens is 416 g/mol. The molecule has 0 unspecified atom stereocenters. The Morgan fingerprint density at radius 3 is 2.21 bits per heavy atom. The van der Waals surface area contributed by atoms with E-state index in [1.165, 1.54) is 11.8 Å². The van der Waals surface area contributed by atoms with Crippen LogP contribution in [0.4, 0.5) is 11.4 Å². The van der Waals surface area contributed by atoms with Crippen LogP contribution in [-0.4, -0.2) is 28.7 Å². The normalized spacial score (nSPS) is 10.5. The van der Waals surface area contributed by atoms with Crippen molar-refractivity contribution < 1.29 is 14.3 Å². The third kappa shape index (κ3) is 5.10. The van der Waals surface area contributed by atoms with E-state index in [-0.39, 0.29) is 17.7 Å². The van der Waals surface area contributed by atoms with Gasteiger partial charge in [-0.15, -0.1) is 5.10 Å². The van der Waals surface area contributed by atoms with Crippen molar-refractivity contribution in [1.29, 1.82) is 0 Å². The summed E-state index contributed by atoms with van der Waals surface area (Å²) in [6.07, 6.45) is 1.59. The molecule has 0 bridgehead atoms. The number of amides is 2. The van der Waals surface area contributed by atoms with E-state index in [1.54, 1.807) is 42.4 Å². The molecule has 4 aromatic rings. The van der Waals surface area contributed by atoms with Gasteiger partial charge in [0.15, 0.2) is 0 Å². The Kier molecular flexibility index (Phi) is 6.50. The van der Waals surface area contributed by atoms with E-state index in [9.17, 15) is 9.59 Å². The number of hydrogen-bond donors (Lipinski definition) is 1. The molecule has 3 aromatic carbocycles. The molecule has 4 rings (SSSR count). The van der Waals surface area contributed by atoms with Gasteiger partial charge in [0.25, 0.3) is 11.8 Å². The number of nitrogens with zero attached hydrogens (tertiary/aromatic N) is 3. The van der Waals surface area contributed by atoms with Gasteiger partial charge in [-0.1, -0.05) is 48.5 Å². The molecule has 0 aliphatic heterocycles. The smallest absolute Gasteiger partial charge is 0.262 e. The van der Waals surface area contributed by atoms with Crippen molar-refractivity contribution in [2.45, 2.75) is 6.54 Å². The minimum absolute atomic E-state index is 0.128. The lowest BCUT2D eigenvalue weighted by Crippen LogP contribution is -2.30. The van der Waals surface area contributed by atoms with E-state index in [0.29, 0.717) is 23.4 Å². The summed E-state index contributed by atoms with van der Waals surface area (Å²) in [7, 11) is 3.18. The zero-order valence-corrected chi connectivity index (χ0v) is 18.4. The van der Waals surface area contributed by atoms with Crippen molar-refractivity contribution in [1.82, 2.24) is 9.78 Å². The average Bonchev–Trinajstić information content (AvgIpc) is 3.25. The number of carbonyl (C=O) groups excluding carboxylic acids is 2. The Morgan fingerprint density at radius 1 is 0.939 bits per heavy atom. The molecule has 0 radical (unpaired) electrons. The molecule has 0 aliphatic rings. The maximum Gasteiger partial charge on any atom is 0.262 e. The first-order valence-electron chi connectivity index (χ1n) is 10.4. The summed E-state index contributed by atoms with van der Waals surface area (Å²) < 4.78 is 6.66. The van der Waals surface area contributed by atoms with Gasteiger partial charge in [-0.05, 0) is 42.0 Å². The van der Waals surface area contributed by atoms with Gasteiger partial charge in [0.1, 0.15) is 5.56 Å². The van der Waals surface area contributed by atoms with E-state index in [4.69, 9.17) is 4.74 Å². The summed E-state index contributed by atoms with van der Waals surface area (Å²) in [6.45, 7) is 0.447. The third-order valence-corrected chi connectivity index (χ3v) is 5.12. The first-order chi connectivity index (χ1) is 16.0. The van der Waals surface area contributed by atoms with Crippen molar-refractivity contribution in [2.24, 2.45) is 7.05 Å². The SMILES string of the molecule is COc1nn(C)cc1C(=O)Nc1ccc(C(=O)N(Cc2ccccc2)c2ccccc2)cc1. The molecule has 1 N–H and O–H groups in total. The largest absolute Gasteiger partial charge is 0.479 e. The van der Waals surface area contributed by atoms with Crippen LogP contribution in [0.2, 0.25) is 0 Å². The van der Waals surface area contributed by atoms with Gasteiger partial charge in [0.05, 0.1) is 13.7 Å². The van der Waals surface area contributed by atoms with Crippen LogP contribution in [0.3, 0.4) is 0 Å². The van der Waals surface area contributed by atoms with Crippen molar-refractivity contribution in [3.63, 3.8) is 0 Å². The Balaban J connectivity index is 1.53. The molecule has 0 saturated heterocycles. The fraction of sp³-hybridized carbons (Fsp3) is 0.115. The summed E-state index contributed by atoms with van der Waals surface area (Å²) in [5.74, 6) is -0.216. The summed E-state index contributed by atoms with van der Waals surface area (Å²) >= 11 is 0. The fourth-order valence-electron chi connectivity index (χ4n) is 3.48. The van der Waals surface area contributed by atoms with E-state index >= 15 is 0 Å². The van der Waals surface area contributed by atoms with E-state index in [1.807, 2.05) is 60.7 Å². The number of methoxy groups -OCH3 is 1. The van der Waals surface area contributed by atoms with Gasteiger partial charge < -0.3 is 15.0 Å². The van der Waals surface area contributed by atoms with E-state index in [2.05, 4.69) is 10.4 Å². The average molecular weight is 441 g/mol. The number of anilines is 2. The second kappa shape index (κ2) is 9.82. The number of nitrogens with one attached hydrogen (secondary N) is 1. The van der Waals surface area contributed by atoms with Crippen molar-refractivity contribution in [3.05, 3.63) is 108 Å². The van der Waals surface area contributed by atoms with Gasteiger partial charge in [-0.2, -0.15) is 0 Å². The van der Waals surface area contributed by atoms with Crippen LogP contribution in [0.5, 0.6) is 5.88 Å². The van der Waals surface area contributed by atoms with Gasteiger partial charge in [-0.25, -0.2) is 0 Å². The molecule has 33 heavy (non-hydrogen) atoms. The highest BCUT2D eigenvalue weighted by atomic mass is 16.5. The molecule has 7 heteroatoms. The van der Waals surface area contributed by atoms with E-state index in [0.717, 1.165) is 11.3 Å². The molecule has 166 valence electrons. The van der Waals surface area contributed by atoms with Crippen LogP contribution < -0.4 is 15.0 Å². The number of para-hydroxylation sites is 1. The van der Waals surface area contributed by atoms with Crippen LogP contribution in [0.15, 0.2) is 91.1 Å². The number of ether oxygens (including phenoxy) is 1. The third-order valence-electron chi connectivity index (χ3n) is 5.12. The Morgan fingerprint density at radius 2 is 1.58 bits per heavy atom. The molecule has 7 nitrogen and oxygen atoms in total. The first-order valence-corrected chi connectivity index (χ1v) is 10.4. The summed E-state index contributed by atoms with van der Waals surface area (Å²) in [5.41, 5.74) is 3.26. The van der Waals surface area contributed by atoms with E-state index < -0.39 is 0 Å². The van der Waals surface area contributed by atoms with Crippen molar-refractivity contribution in [3.8, 4) is 5.88 Å². The summed E-state index contributed by atoms with van der Waals surface area (Å²) in [6, 6.07) is 26.2. The summed E-state index contributed by atoms with van der Waals surface area (Å²) in [5, 5.41) is 6.91. The van der Waals surface area contributed by atoms with Crippen LogP contribution in [0, 0.1) is 0 Å². The van der Waals surface area contributed by atoms with Gasteiger partial charge in [0, 0.05) is 30.2 Å². The first kappa shape index (κ1) is 21.8. The molecule has 0 fully saturated rings. The molecule has 1 heterocycles. The van der Waals surface area contributed by atoms with Crippen LogP contribution >= 0.6 is 0 Å². The second-order valence-electron chi connectivity index (χ2n) is 7.47. The Labute approximate surface area is 192 Å². The number of hydrogen-bond acceptors (Lipinski definition) is 4. The molecule has 1 aromatic heterocycles. The Bertz CT molecular complexity index is 1240. The number of rotatable bonds is 7. The van der Waals surface area contributed by atoms with Gasteiger partial charge >= 0.3 is 0 Å². The van der Waals surface area contributed by atoms with Crippen molar-refractivity contribution >= 4 is 23.2 Å². The molecule has 2 amide bonds. The highest BCUT2D eigenvalue weighted by Crippen LogP contribution is 2.22. The number of aromatic nitrogens is 2. The zero-order valence-electron chi connectivity index (χ0n) is 18.4. The molecule has 0 spiro atoms. The number of carbonyl (C=O) groups is 2. The van der Waals surface area contributed by atoms with Crippen molar-refractivity contribution in [2.75, 3.05) is 17.3 Å². The van der Waals surface area contributed by atoms with Gasteiger partial charge in [-0.3, -0.25) is 14.3 Å². The quantitative estimate of drug-likeness (QED) is 0.458. The molecule has 0 saturated carbocycles. The monoisotopic (exact) mass is 440 g/mol. The highest BCUT2D eigenvalue weighted by molar-refractivity contribution is 6.07. The standard InChI is InChI=1S/C26H24N4O3/c1-29-18-23(25(28-29)33-2)24(31)27-21-15-13-20(14-16-21)26(32)30(22-11-7-4-8-12-22)17-19-9-5-3-6-10-19/h3-16,18H,17H2,1-2H3,(H,27,31). The van der Waals surface area contributed by atoms with Crippen LogP contribution in [0.1, 0.15) is 26.3 Å². The number of aryl methyl sites for hydroxylation is 1. The minimum atomic E-state index is -0.339.